The highest BCUT2D eigenvalue weighted by atomic mass is 32.2. The Morgan fingerprint density at radius 3 is 2.74 bits per heavy atom. The molecule has 3 rings (SSSR count). The number of ether oxygens (including phenoxy) is 3. The van der Waals surface area contributed by atoms with Gasteiger partial charge in [-0.2, -0.15) is 0 Å². The molecule has 0 radical (unpaired) electrons. The number of sulfonamides is 1. The van der Waals surface area contributed by atoms with Crippen molar-refractivity contribution < 1.29 is 22.6 Å². The zero-order valence-corrected chi connectivity index (χ0v) is 13.9. The van der Waals surface area contributed by atoms with Gasteiger partial charge < -0.3 is 14.2 Å². The standard InChI is InChI=1S/C16H23NO5S/c18-23(19,11-13-4-2-1-3-5-13)17-8-9-20-14-6-7-15-16(10-14)22-12-21-15/h6-7,10,13,17H,1-5,8-9,11-12H2. The van der Waals surface area contributed by atoms with Crippen LogP contribution in [0.15, 0.2) is 18.2 Å². The first kappa shape index (κ1) is 16.4. The molecule has 1 saturated carbocycles. The van der Waals surface area contributed by atoms with Crippen molar-refractivity contribution in [2.24, 2.45) is 5.92 Å². The van der Waals surface area contributed by atoms with E-state index >= 15 is 0 Å². The Bertz CT molecular complexity index is 625. The van der Waals surface area contributed by atoms with Crippen LogP contribution in [0.25, 0.3) is 0 Å². The van der Waals surface area contributed by atoms with Gasteiger partial charge in [0.2, 0.25) is 16.8 Å². The Morgan fingerprint density at radius 2 is 1.91 bits per heavy atom. The Hall–Kier alpha value is -1.47. The van der Waals surface area contributed by atoms with Crippen LogP contribution < -0.4 is 18.9 Å². The number of hydrogen-bond donors (Lipinski definition) is 1. The maximum atomic E-state index is 12.1. The van der Waals surface area contributed by atoms with Gasteiger partial charge in [-0.05, 0) is 30.9 Å². The predicted octanol–water partition coefficient (Wildman–Crippen LogP) is 2.29. The molecule has 0 atom stereocenters. The second-order valence-electron chi connectivity index (χ2n) is 6.04. The van der Waals surface area contributed by atoms with Crippen LogP contribution in [0.5, 0.6) is 17.2 Å². The number of hydrogen-bond acceptors (Lipinski definition) is 5. The highest BCUT2D eigenvalue weighted by molar-refractivity contribution is 7.89. The van der Waals surface area contributed by atoms with E-state index in [9.17, 15) is 8.42 Å². The van der Waals surface area contributed by atoms with E-state index in [1.165, 1.54) is 6.42 Å². The SMILES string of the molecule is O=S(=O)(CC1CCCCC1)NCCOc1ccc2c(c1)OCO2. The van der Waals surface area contributed by atoms with E-state index in [2.05, 4.69) is 4.72 Å². The molecule has 0 unspecified atom stereocenters. The third-order valence-corrected chi connectivity index (χ3v) is 5.77. The third-order valence-electron chi connectivity index (χ3n) is 4.22. The van der Waals surface area contributed by atoms with Crippen molar-refractivity contribution in [2.45, 2.75) is 32.1 Å². The molecule has 1 aromatic carbocycles. The average molecular weight is 341 g/mol. The zero-order chi connectivity index (χ0) is 16.1. The fourth-order valence-corrected chi connectivity index (χ4v) is 4.52. The van der Waals surface area contributed by atoms with Crippen molar-refractivity contribution in [2.75, 3.05) is 25.7 Å². The lowest BCUT2D eigenvalue weighted by atomic mass is 9.91. The lowest BCUT2D eigenvalue weighted by Gasteiger charge is -2.21. The van der Waals surface area contributed by atoms with E-state index in [0.717, 1.165) is 25.7 Å². The molecular weight excluding hydrogens is 318 g/mol. The van der Waals surface area contributed by atoms with Gasteiger partial charge >= 0.3 is 0 Å². The maximum Gasteiger partial charge on any atom is 0.231 e. The zero-order valence-electron chi connectivity index (χ0n) is 13.1. The van der Waals surface area contributed by atoms with Gasteiger partial charge in [0.1, 0.15) is 12.4 Å². The first-order chi connectivity index (χ1) is 11.1. The molecule has 6 nitrogen and oxygen atoms in total. The monoisotopic (exact) mass is 341 g/mol. The van der Waals surface area contributed by atoms with Gasteiger partial charge in [-0.15, -0.1) is 0 Å². The summed E-state index contributed by atoms with van der Waals surface area (Å²) in [5.41, 5.74) is 0. The molecule has 1 heterocycles. The minimum atomic E-state index is -3.22. The van der Waals surface area contributed by atoms with E-state index in [0.29, 0.717) is 23.2 Å². The summed E-state index contributed by atoms with van der Waals surface area (Å²) < 4.78 is 42.8. The maximum absolute atomic E-state index is 12.1. The highest BCUT2D eigenvalue weighted by Crippen LogP contribution is 2.35. The van der Waals surface area contributed by atoms with E-state index < -0.39 is 10.0 Å². The molecule has 1 aromatic rings. The van der Waals surface area contributed by atoms with Gasteiger partial charge in [0.15, 0.2) is 11.5 Å². The van der Waals surface area contributed by atoms with Crippen LogP contribution in [0.3, 0.4) is 0 Å². The molecular formula is C16H23NO5S. The van der Waals surface area contributed by atoms with E-state index in [1.54, 1.807) is 18.2 Å². The molecule has 0 bridgehead atoms. The number of nitrogens with one attached hydrogen (secondary N) is 1. The Kier molecular flexibility index (Phi) is 5.27. The Labute approximate surface area is 137 Å². The molecule has 1 aliphatic carbocycles. The van der Waals surface area contributed by atoms with Gasteiger partial charge in [0, 0.05) is 12.6 Å². The van der Waals surface area contributed by atoms with Crippen LogP contribution in [0.4, 0.5) is 0 Å². The molecule has 1 aliphatic heterocycles. The number of benzene rings is 1. The number of fused-ring (bicyclic) bond motifs is 1. The molecule has 1 N–H and O–H groups in total. The minimum Gasteiger partial charge on any atom is -0.492 e. The van der Waals surface area contributed by atoms with E-state index in [-0.39, 0.29) is 25.7 Å². The summed E-state index contributed by atoms with van der Waals surface area (Å²) in [6, 6.07) is 5.31. The van der Waals surface area contributed by atoms with Crippen LogP contribution in [0, 0.1) is 5.92 Å². The quantitative estimate of drug-likeness (QED) is 0.770. The molecule has 23 heavy (non-hydrogen) atoms. The fourth-order valence-electron chi connectivity index (χ4n) is 3.06. The first-order valence-electron chi connectivity index (χ1n) is 8.12. The summed E-state index contributed by atoms with van der Waals surface area (Å²) in [6.45, 7) is 0.771. The van der Waals surface area contributed by atoms with Crippen LogP contribution in [0.1, 0.15) is 32.1 Å². The van der Waals surface area contributed by atoms with Crippen LogP contribution in [0.2, 0.25) is 0 Å². The molecule has 0 saturated heterocycles. The summed E-state index contributed by atoms with van der Waals surface area (Å²) in [7, 11) is -3.22. The third kappa shape index (κ3) is 4.75. The topological polar surface area (TPSA) is 73.9 Å². The summed E-state index contributed by atoms with van der Waals surface area (Å²) in [4.78, 5) is 0. The summed E-state index contributed by atoms with van der Waals surface area (Å²) in [5, 5.41) is 0. The second-order valence-corrected chi connectivity index (χ2v) is 7.89. The predicted molar refractivity (Wildman–Crippen MR) is 86.4 cm³/mol. The molecule has 0 spiro atoms. The highest BCUT2D eigenvalue weighted by Gasteiger charge is 2.21. The largest absolute Gasteiger partial charge is 0.492 e. The van der Waals surface area contributed by atoms with Gasteiger partial charge in [-0.1, -0.05) is 19.3 Å². The fraction of sp³-hybridized carbons (Fsp3) is 0.625. The van der Waals surface area contributed by atoms with Crippen molar-refractivity contribution in [1.29, 1.82) is 0 Å². The summed E-state index contributed by atoms with van der Waals surface area (Å²) >= 11 is 0. The minimum absolute atomic E-state index is 0.222. The average Bonchev–Trinajstić information content (AvgIpc) is 3.00. The van der Waals surface area contributed by atoms with Gasteiger partial charge in [-0.3, -0.25) is 0 Å². The van der Waals surface area contributed by atoms with Crippen LogP contribution in [-0.2, 0) is 10.0 Å². The van der Waals surface area contributed by atoms with Gasteiger partial charge in [0.25, 0.3) is 0 Å². The van der Waals surface area contributed by atoms with Gasteiger partial charge in [-0.25, -0.2) is 13.1 Å². The van der Waals surface area contributed by atoms with Crippen LogP contribution >= 0.6 is 0 Å². The molecule has 2 aliphatic rings. The smallest absolute Gasteiger partial charge is 0.231 e. The molecule has 128 valence electrons. The van der Waals surface area contributed by atoms with E-state index in [1.807, 2.05) is 0 Å². The normalized spacial score (nSPS) is 18.1. The molecule has 0 aromatic heterocycles. The lowest BCUT2D eigenvalue weighted by molar-refractivity contribution is 0.173. The second kappa shape index (κ2) is 7.40. The van der Waals surface area contributed by atoms with Crippen molar-refractivity contribution in [3.63, 3.8) is 0 Å². The van der Waals surface area contributed by atoms with Gasteiger partial charge in [0.05, 0.1) is 5.75 Å². The van der Waals surface area contributed by atoms with Crippen molar-refractivity contribution in [1.82, 2.24) is 4.72 Å². The Balaban J connectivity index is 1.40. The van der Waals surface area contributed by atoms with Crippen molar-refractivity contribution in [3.8, 4) is 17.2 Å². The number of rotatable bonds is 7. The Morgan fingerprint density at radius 1 is 1.13 bits per heavy atom. The van der Waals surface area contributed by atoms with Crippen molar-refractivity contribution >= 4 is 10.0 Å². The van der Waals surface area contributed by atoms with Crippen molar-refractivity contribution in [3.05, 3.63) is 18.2 Å². The van der Waals surface area contributed by atoms with E-state index in [4.69, 9.17) is 14.2 Å². The molecule has 7 heteroatoms. The molecule has 0 amide bonds. The van der Waals surface area contributed by atoms with Crippen LogP contribution in [-0.4, -0.2) is 34.1 Å². The lowest BCUT2D eigenvalue weighted by Crippen LogP contribution is -2.33. The summed E-state index contributed by atoms with van der Waals surface area (Å²) in [6.07, 6.45) is 5.57. The summed E-state index contributed by atoms with van der Waals surface area (Å²) in [5.74, 6) is 2.53. The first-order valence-corrected chi connectivity index (χ1v) is 9.77. The molecule has 1 fully saturated rings.